The number of carbonyl (C=O) groups excluding carboxylic acids is 1. The molecule has 0 bridgehead atoms. The molecule has 7 nitrogen and oxygen atoms in total. The van der Waals surface area contributed by atoms with Crippen molar-refractivity contribution in [2.24, 2.45) is 46.3 Å². The predicted molar refractivity (Wildman–Crippen MR) is 152 cm³/mol. The molecule has 1 aromatic carbocycles. The number of esters is 1. The SMILES string of the molecule is COC(=O)CCC(C)C1CCC2C3C(O)CC4CC(OS(=O)(=O)c5ccc(C)cc5)CCC4(C)C3CC(O)C12C. The number of aliphatic hydroxyl groups is 2. The minimum atomic E-state index is -3.86. The van der Waals surface area contributed by atoms with Crippen LogP contribution in [-0.2, 0) is 23.8 Å². The van der Waals surface area contributed by atoms with Gasteiger partial charge in [0.1, 0.15) is 0 Å². The zero-order chi connectivity index (χ0) is 29.0. The van der Waals surface area contributed by atoms with Crippen LogP contribution in [0.1, 0.15) is 84.1 Å². The van der Waals surface area contributed by atoms with Crippen LogP contribution >= 0.6 is 0 Å². The van der Waals surface area contributed by atoms with Crippen LogP contribution < -0.4 is 0 Å². The van der Waals surface area contributed by atoms with Gasteiger partial charge in [0.05, 0.1) is 30.3 Å². The highest BCUT2D eigenvalue weighted by Gasteiger charge is 2.65. The van der Waals surface area contributed by atoms with E-state index in [1.165, 1.54) is 7.11 Å². The minimum absolute atomic E-state index is 0.0751. The van der Waals surface area contributed by atoms with Gasteiger partial charge in [-0.3, -0.25) is 8.98 Å². The number of hydrogen-bond donors (Lipinski definition) is 2. The van der Waals surface area contributed by atoms with Gasteiger partial charge in [-0.15, -0.1) is 0 Å². The van der Waals surface area contributed by atoms with Gasteiger partial charge in [-0.1, -0.05) is 38.5 Å². The number of methoxy groups -OCH3 is 1. The van der Waals surface area contributed by atoms with Gasteiger partial charge in [0, 0.05) is 6.42 Å². The van der Waals surface area contributed by atoms with E-state index in [0.717, 1.165) is 31.2 Å². The molecule has 0 aromatic heterocycles. The number of carbonyl (C=O) groups is 1. The average Bonchev–Trinajstić information content (AvgIpc) is 3.27. The lowest BCUT2D eigenvalue weighted by Gasteiger charge is -2.63. The van der Waals surface area contributed by atoms with E-state index in [1.54, 1.807) is 24.3 Å². The third-order valence-corrected chi connectivity index (χ3v) is 13.5. The molecule has 0 aliphatic heterocycles. The van der Waals surface area contributed by atoms with Gasteiger partial charge in [-0.05, 0) is 117 Å². The van der Waals surface area contributed by atoms with Crippen molar-refractivity contribution in [1.29, 1.82) is 0 Å². The molecule has 40 heavy (non-hydrogen) atoms. The molecule has 1 aromatic rings. The van der Waals surface area contributed by atoms with Crippen molar-refractivity contribution in [3.8, 4) is 0 Å². The summed E-state index contributed by atoms with van der Waals surface area (Å²) in [6.45, 7) is 8.66. The fourth-order valence-corrected chi connectivity index (χ4v) is 10.9. The van der Waals surface area contributed by atoms with Crippen molar-refractivity contribution in [3.05, 3.63) is 29.8 Å². The highest BCUT2D eigenvalue weighted by Crippen LogP contribution is 2.68. The van der Waals surface area contributed by atoms with Crippen LogP contribution in [0.5, 0.6) is 0 Å². The Bertz CT molecular complexity index is 1180. The first-order chi connectivity index (χ1) is 18.8. The molecule has 224 valence electrons. The second-order valence-corrected chi connectivity index (χ2v) is 15.5. The summed E-state index contributed by atoms with van der Waals surface area (Å²) in [4.78, 5) is 12.0. The second-order valence-electron chi connectivity index (χ2n) is 13.9. The van der Waals surface area contributed by atoms with Crippen molar-refractivity contribution in [1.82, 2.24) is 0 Å². The van der Waals surface area contributed by atoms with Gasteiger partial charge >= 0.3 is 5.97 Å². The Labute approximate surface area is 240 Å². The van der Waals surface area contributed by atoms with Crippen molar-refractivity contribution >= 4 is 16.1 Å². The number of ether oxygens (including phenoxy) is 1. The van der Waals surface area contributed by atoms with Gasteiger partial charge < -0.3 is 14.9 Å². The van der Waals surface area contributed by atoms with Crippen LogP contribution in [0.2, 0.25) is 0 Å². The zero-order valence-corrected chi connectivity index (χ0v) is 25.5. The maximum absolute atomic E-state index is 13.0. The third-order valence-electron chi connectivity index (χ3n) is 12.1. The summed E-state index contributed by atoms with van der Waals surface area (Å²) in [5.74, 6) is 1.08. The largest absolute Gasteiger partial charge is 0.469 e. The molecule has 4 fully saturated rings. The zero-order valence-electron chi connectivity index (χ0n) is 24.7. The summed E-state index contributed by atoms with van der Waals surface area (Å²) >= 11 is 0. The summed E-state index contributed by atoms with van der Waals surface area (Å²) in [7, 11) is -2.44. The summed E-state index contributed by atoms with van der Waals surface area (Å²) in [5, 5.41) is 23.4. The lowest BCUT2D eigenvalue weighted by atomic mass is 9.43. The number of aryl methyl sites for hydroxylation is 1. The van der Waals surface area contributed by atoms with Gasteiger partial charge in [0.25, 0.3) is 10.1 Å². The van der Waals surface area contributed by atoms with E-state index in [4.69, 9.17) is 8.92 Å². The maximum atomic E-state index is 13.0. The standard InChI is InChI=1S/C32H48O7S/c1-19-6-9-23(10-7-19)40(36,37)39-22-14-15-31(3)21(16-22)17-27(33)30-25-12-11-24(20(2)8-13-29(35)38-5)32(25,4)28(34)18-26(30)31/h6-7,9-10,20-22,24-28,30,33-34H,8,11-18H2,1-5H3. The van der Waals surface area contributed by atoms with Crippen molar-refractivity contribution in [2.45, 2.75) is 109 Å². The molecule has 11 unspecified atom stereocenters. The highest BCUT2D eigenvalue weighted by atomic mass is 32.2. The molecule has 8 heteroatoms. The molecule has 0 heterocycles. The Morgan fingerprint density at radius 3 is 2.42 bits per heavy atom. The second kappa shape index (κ2) is 11.0. The van der Waals surface area contributed by atoms with Crippen LogP contribution in [0.15, 0.2) is 29.2 Å². The van der Waals surface area contributed by atoms with E-state index in [1.807, 2.05) is 6.92 Å². The Morgan fingerprint density at radius 1 is 1.05 bits per heavy atom. The molecule has 0 spiro atoms. The average molecular weight is 577 g/mol. The van der Waals surface area contributed by atoms with Crippen molar-refractivity contribution in [2.75, 3.05) is 7.11 Å². The summed E-state index contributed by atoms with van der Waals surface area (Å²) in [6, 6.07) is 6.75. The van der Waals surface area contributed by atoms with E-state index in [9.17, 15) is 23.4 Å². The van der Waals surface area contributed by atoms with E-state index in [2.05, 4.69) is 20.8 Å². The van der Waals surface area contributed by atoms with E-state index in [-0.39, 0.29) is 51.3 Å². The lowest BCUT2D eigenvalue weighted by Crippen LogP contribution is -2.62. The number of hydrogen-bond acceptors (Lipinski definition) is 7. The molecular weight excluding hydrogens is 528 g/mol. The molecule has 0 radical (unpaired) electrons. The number of aliphatic hydroxyl groups excluding tert-OH is 2. The Hall–Kier alpha value is -1.48. The van der Waals surface area contributed by atoms with E-state index >= 15 is 0 Å². The third kappa shape index (κ3) is 5.05. The van der Waals surface area contributed by atoms with Crippen LogP contribution in [0.3, 0.4) is 0 Å². The lowest BCUT2D eigenvalue weighted by molar-refractivity contribution is -0.206. The normalized spacial score (nSPS) is 41.9. The molecule has 4 aliphatic carbocycles. The molecule has 0 amide bonds. The number of rotatable bonds is 7. The summed E-state index contributed by atoms with van der Waals surface area (Å²) in [5.41, 5.74) is 0.630. The fraction of sp³-hybridized carbons (Fsp3) is 0.781. The summed E-state index contributed by atoms with van der Waals surface area (Å²) in [6.07, 6.45) is 5.18. The van der Waals surface area contributed by atoms with Gasteiger partial charge in [0.15, 0.2) is 0 Å². The molecule has 11 atom stereocenters. The highest BCUT2D eigenvalue weighted by molar-refractivity contribution is 7.86. The van der Waals surface area contributed by atoms with Crippen molar-refractivity contribution in [3.63, 3.8) is 0 Å². The molecule has 4 aliphatic rings. The predicted octanol–water partition coefficient (Wildman–Crippen LogP) is 5.26. The molecule has 0 saturated heterocycles. The van der Waals surface area contributed by atoms with E-state index < -0.39 is 28.4 Å². The van der Waals surface area contributed by atoms with Crippen LogP contribution in [0.25, 0.3) is 0 Å². The minimum Gasteiger partial charge on any atom is -0.469 e. The molecule has 5 rings (SSSR count). The first kappa shape index (κ1) is 30.0. The number of fused-ring (bicyclic) bond motifs is 5. The number of benzene rings is 1. The first-order valence-corrected chi connectivity index (χ1v) is 16.6. The van der Waals surface area contributed by atoms with Gasteiger partial charge in [-0.2, -0.15) is 8.42 Å². The summed E-state index contributed by atoms with van der Waals surface area (Å²) < 4.78 is 36.6. The molecule has 4 saturated carbocycles. The molecular formula is C32H48O7S. The Balaban J connectivity index is 1.31. The van der Waals surface area contributed by atoms with Gasteiger partial charge in [0.2, 0.25) is 0 Å². The Morgan fingerprint density at radius 2 is 1.75 bits per heavy atom. The van der Waals surface area contributed by atoms with Crippen LogP contribution in [0.4, 0.5) is 0 Å². The monoisotopic (exact) mass is 576 g/mol. The van der Waals surface area contributed by atoms with Crippen LogP contribution in [0, 0.1) is 53.3 Å². The quantitative estimate of drug-likeness (QED) is 0.337. The van der Waals surface area contributed by atoms with Crippen molar-refractivity contribution < 1.29 is 32.3 Å². The topological polar surface area (TPSA) is 110 Å². The first-order valence-electron chi connectivity index (χ1n) is 15.2. The smallest absolute Gasteiger partial charge is 0.305 e. The van der Waals surface area contributed by atoms with Crippen LogP contribution in [-0.4, -0.2) is 50.0 Å². The van der Waals surface area contributed by atoms with E-state index in [0.29, 0.717) is 38.0 Å². The fourth-order valence-electron chi connectivity index (χ4n) is 9.79. The van der Waals surface area contributed by atoms with Gasteiger partial charge in [-0.25, -0.2) is 0 Å². The molecule has 2 N–H and O–H groups in total. The maximum Gasteiger partial charge on any atom is 0.305 e. The Kier molecular flexibility index (Phi) is 8.23.